The van der Waals surface area contributed by atoms with E-state index in [0.717, 1.165) is 42.4 Å². The molecule has 0 saturated carbocycles. The lowest BCUT2D eigenvalue weighted by molar-refractivity contribution is 0.407. The first-order chi connectivity index (χ1) is 9.63. The van der Waals surface area contributed by atoms with Crippen LogP contribution >= 0.6 is 35.7 Å². The van der Waals surface area contributed by atoms with Gasteiger partial charge in [0.2, 0.25) is 0 Å². The normalized spacial score (nSPS) is 19.3. The van der Waals surface area contributed by atoms with Crippen LogP contribution in [0.15, 0.2) is 15.5 Å². The van der Waals surface area contributed by atoms with Gasteiger partial charge in [0.05, 0.1) is 0 Å². The van der Waals surface area contributed by atoms with E-state index in [1.54, 1.807) is 0 Å². The third-order valence-electron chi connectivity index (χ3n) is 3.69. The molecule has 120 valence electrons. The highest BCUT2D eigenvalue weighted by molar-refractivity contribution is 14.0. The van der Waals surface area contributed by atoms with E-state index < -0.39 is 0 Å². The van der Waals surface area contributed by atoms with Crippen LogP contribution in [0.2, 0.25) is 0 Å². The smallest absolute Gasteiger partial charge is 0.193 e. The first-order valence-corrected chi connectivity index (χ1v) is 8.32. The molecule has 6 heteroatoms. The number of nitrogens with one attached hydrogen (secondary N) is 1. The van der Waals surface area contributed by atoms with Crippen molar-refractivity contribution in [2.45, 2.75) is 39.0 Å². The maximum atomic E-state index is 5.56. The Kier molecular flexibility index (Phi) is 7.94. The number of thioether (sulfide) groups is 1. The van der Waals surface area contributed by atoms with Crippen molar-refractivity contribution in [2.75, 3.05) is 25.9 Å². The lowest BCUT2D eigenvalue weighted by Crippen LogP contribution is -2.47. The minimum atomic E-state index is 0. The van der Waals surface area contributed by atoms with Gasteiger partial charge in [-0.15, -0.1) is 24.0 Å². The minimum absolute atomic E-state index is 0. The molecule has 0 amide bonds. The fraction of sp³-hybridized carbons (Fsp3) is 0.667. The van der Waals surface area contributed by atoms with Crippen LogP contribution in [0.3, 0.4) is 0 Å². The summed E-state index contributed by atoms with van der Waals surface area (Å²) in [6.07, 6.45) is 1.22. The summed E-state index contributed by atoms with van der Waals surface area (Å²) in [5.74, 6) is 4.14. The Labute approximate surface area is 149 Å². The molecule has 1 aliphatic heterocycles. The summed E-state index contributed by atoms with van der Waals surface area (Å²) in [6, 6.07) is 2.09. The van der Waals surface area contributed by atoms with Crippen LogP contribution in [0.5, 0.6) is 0 Å². The van der Waals surface area contributed by atoms with Crippen LogP contribution in [0.1, 0.15) is 30.4 Å². The van der Waals surface area contributed by atoms with Gasteiger partial charge < -0.3 is 14.6 Å². The predicted molar refractivity (Wildman–Crippen MR) is 102 cm³/mol. The van der Waals surface area contributed by atoms with Crippen LogP contribution in [0.4, 0.5) is 0 Å². The first-order valence-electron chi connectivity index (χ1n) is 7.27. The van der Waals surface area contributed by atoms with Crippen molar-refractivity contribution in [3.05, 3.63) is 23.2 Å². The molecular weight excluding hydrogens is 397 g/mol. The van der Waals surface area contributed by atoms with Gasteiger partial charge in [-0.05, 0) is 26.3 Å². The fourth-order valence-corrected chi connectivity index (χ4v) is 3.70. The Balaban J connectivity index is 0.00000220. The van der Waals surface area contributed by atoms with Gasteiger partial charge in [-0.1, -0.05) is 6.92 Å². The minimum Gasteiger partial charge on any atom is -0.466 e. The van der Waals surface area contributed by atoms with Crippen molar-refractivity contribution in [2.24, 2.45) is 4.99 Å². The van der Waals surface area contributed by atoms with Crippen molar-refractivity contribution < 1.29 is 4.42 Å². The molecule has 1 saturated heterocycles. The molecule has 2 rings (SSSR count). The maximum Gasteiger partial charge on any atom is 0.193 e. The van der Waals surface area contributed by atoms with E-state index in [1.165, 1.54) is 17.7 Å². The second-order valence-corrected chi connectivity index (χ2v) is 6.59. The van der Waals surface area contributed by atoms with E-state index >= 15 is 0 Å². The Morgan fingerprint density at radius 2 is 2.29 bits per heavy atom. The van der Waals surface area contributed by atoms with Crippen molar-refractivity contribution in [3.63, 3.8) is 0 Å². The second kappa shape index (κ2) is 8.92. The van der Waals surface area contributed by atoms with Gasteiger partial charge in [0.15, 0.2) is 5.96 Å². The molecule has 4 nitrogen and oxygen atoms in total. The van der Waals surface area contributed by atoms with E-state index in [1.807, 2.05) is 20.9 Å². The zero-order valence-electron chi connectivity index (χ0n) is 13.3. The molecule has 1 aliphatic rings. The molecule has 0 spiro atoms. The Morgan fingerprint density at radius 1 is 1.52 bits per heavy atom. The van der Waals surface area contributed by atoms with Crippen LogP contribution in [0, 0.1) is 13.8 Å². The molecular formula is C15H26IN3OS. The SMILES string of the molecule is CCC1CN(C(=NC)NCc2cc(C)oc2C)CCS1.I. The van der Waals surface area contributed by atoms with Gasteiger partial charge in [0.1, 0.15) is 11.5 Å². The molecule has 0 radical (unpaired) electrons. The average molecular weight is 423 g/mol. The van der Waals surface area contributed by atoms with Crippen LogP contribution < -0.4 is 5.32 Å². The lowest BCUT2D eigenvalue weighted by Gasteiger charge is -2.34. The molecule has 1 unspecified atom stereocenters. The summed E-state index contributed by atoms with van der Waals surface area (Å²) in [5, 5.41) is 4.18. The lowest BCUT2D eigenvalue weighted by atomic mass is 10.2. The largest absolute Gasteiger partial charge is 0.466 e. The fourth-order valence-electron chi connectivity index (χ4n) is 2.52. The van der Waals surface area contributed by atoms with Crippen LogP contribution in [-0.2, 0) is 6.54 Å². The van der Waals surface area contributed by atoms with E-state index in [4.69, 9.17) is 4.42 Å². The Hall–Kier alpha value is -0.370. The van der Waals surface area contributed by atoms with E-state index in [9.17, 15) is 0 Å². The quantitative estimate of drug-likeness (QED) is 0.460. The molecule has 0 aromatic carbocycles. The number of guanidine groups is 1. The summed E-state index contributed by atoms with van der Waals surface area (Å²) in [6.45, 7) is 9.19. The molecule has 2 heterocycles. The van der Waals surface area contributed by atoms with Gasteiger partial charge in [0.25, 0.3) is 0 Å². The number of aliphatic imine (C=N–C) groups is 1. The van der Waals surface area contributed by atoms with Gasteiger partial charge >= 0.3 is 0 Å². The third kappa shape index (κ3) is 5.09. The third-order valence-corrected chi connectivity index (χ3v) is 5.06. The molecule has 1 N–H and O–H groups in total. The number of hydrogen-bond acceptors (Lipinski definition) is 3. The molecule has 0 aliphatic carbocycles. The monoisotopic (exact) mass is 423 g/mol. The van der Waals surface area contributed by atoms with Gasteiger partial charge in [-0.25, -0.2) is 0 Å². The van der Waals surface area contributed by atoms with Crippen LogP contribution in [-0.4, -0.2) is 42.0 Å². The number of halogens is 1. The van der Waals surface area contributed by atoms with Gasteiger partial charge in [-0.2, -0.15) is 11.8 Å². The number of aryl methyl sites for hydroxylation is 2. The number of rotatable bonds is 3. The van der Waals surface area contributed by atoms with Crippen molar-refractivity contribution in [1.82, 2.24) is 10.2 Å². The maximum absolute atomic E-state index is 5.56. The highest BCUT2D eigenvalue weighted by Gasteiger charge is 2.21. The molecule has 1 atom stereocenters. The summed E-state index contributed by atoms with van der Waals surface area (Å²) in [4.78, 5) is 6.79. The molecule has 21 heavy (non-hydrogen) atoms. The summed E-state index contributed by atoms with van der Waals surface area (Å²) >= 11 is 2.08. The molecule has 1 fully saturated rings. The predicted octanol–water partition coefficient (Wildman–Crippen LogP) is 3.42. The molecule has 1 aromatic rings. The highest BCUT2D eigenvalue weighted by Crippen LogP contribution is 2.21. The zero-order valence-corrected chi connectivity index (χ0v) is 16.5. The zero-order chi connectivity index (χ0) is 14.5. The van der Waals surface area contributed by atoms with Crippen molar-refractivity contribution in [3.8, 4) is 0 Å². The van der Waals surface area contributed by atoms with Crippen molar-refractivity contribution in [1.29, 1.82) is 0 Å². The van der Waals surface area contributed by atoms with Gasteiger partial charge in [0, 0.05) is 43.2 Å². The summed E-state index contributed by atoms with van der Waals surface area (Å²) in [5.41, 5.74) is 1.21. The number of hydrogen-bond donors (Lipinski definition) is 1. The second-order valence-electron chi connectivity index (χ2n) is 5.19. The van der Waals surface area contributed by atoms with E-state index in [-0.39, 0.29) is 24.0 Å². The highest BCUT2D eigenvalue weighted by atomic mass is 127. The van der Waals surface area contributed by atoms with E-state index in [0.29, 0.717) is 0 Å². The summed E-state index contributed by atoms with van der Waals surface area (Å²) in [7, 11) is 1.86. The average Bonchev–Trinajstić information content (AvgIpc) is 2.78. The molecule has 1 aromatic heterocycles. The number of furan rings is 1. The standard InChI is InChI=1S/C15H25N3OS.HI/c1-5-14-10-18(6-7-20-14)15(16-4)17-9-13-8-11(2)19-12(13)3;/h8,14H,5-7,9-10H2,1-4H3,(H,16,17);1H. The Bertz CT molecular complexity index is 475. The molecule has 0 bridgehead atoms. The summed E-state index contributed by atoms with van der Waals surface area (Å²) < 4.78 is 5.56. The van der Waals surface area contributed by atoms with Gasteiger partial charge in [-0.3, -0.25) is 4.99 Å². The van der Waals surface area contributed by atoms with Crippen LogP contribution in [0.25, 0.3) is 0 Å². The van der Waals surface area contributed by atoms with E-state index in [2.05, 4.69) is 40.0 Å². The number of nitrogens with zero attached hydrogens (tertiary/aromatic N) is 2. The van der Waals surface area contributed by atoms with Crippen molar-refractivity contribution >= 4 is 41.7 Å². The topological polar surface area (TPSA) is 40.8 Å². The first kappa shape index (κ1) is 18.7. The Morgan fingerprint density at radius 3 is 2.86 bits per heavy atom.